The molecule has 0 aliphatic rings. The Morgan fingerprint density at radius 3 is 2.00 bits per heavy atom. The van der Waals surface area contributed by atoms with Crippen molar-refractivity contribution in [1.29, 1.82) is 0 Å². The van der Waals surface area contributed by atoms with Crippen molar-refractivity contribution in [2.75, 3.05) is 0 Å². The topological polar surface area (TPSA) is 83.5 Å². The van der Waals surface area contributed by atoms with Gasteiger partial charge >= 0.3 is 21.9 Å². The van der Waals surface area contributed by atoms with Crippen LogP contribution in [0.3, 0.4) is 0 Å². The summed E-state index contributed by atoms with van der Waals surface area (Å²) in [6, 6.07) is 0. The van der Waals surface area contributed by atoms with Crippen LogP contribution in [0.5, 0.6) is 0 Å². The lowest BCUT2D eigenvalue weighted by atomic mass is 11.3. The van der Waals surface area contributed by atoms with Crippen molar-refractivity contribution in [2.45, 2.75) is 5.76 Å². The van der Waals surface area contributed by atoms with E-state index in [1.807, 2.05) is 0 Å². The highest BCUT2D eigenvalue weighted by atomic mass is 32.2. The van der Waals surface area contributed by atoms with E-state index in [1.165, 1.54) is 0 Å². The van der Waals surface area contributed by atoms with Crippen LogP contribution in [0.1, 0.15) is 0 Å². The van der Waals surface area contributed by atoms with Gasteiger partial charge in [0.1, 0.15) is 0 Å². The fraction of sp³-hybridized carbons (Fsp3) is 0.500. The molecule has 0 aliphatic carbocycles. The molecule has 10 heavy (non-hydrogen) atoms. The molecule has 0 atom stereocenters. The third kappa shape index (κ3) is 2.58. The molecule has 1 amide bonds. The molecule has 0 aliphatic heterocycles. The molecular formula is C2H3F2NO4S. The number of hydrogen-bond acceptors (Lipinski definition) is 3. The van der Waals surface area contributed by atoms with Crippen molar-refractivity contribution in [3.63, 3.8) is 0 Å². The first kappa shape index (κ1) is 9.08. The standard InChI is InChI=1S/C2H3F2NO4S/c3-1(4)10(8,9)5-2(6)7/h1,5H,(H,6,7). The molecule has 0 aromatic carbocycles. The van der Waals surface area contributed by atoms with E-state index in [1.54, 1.807) is 0 Å². The number of carboxylic acid groups (broad SMARTS) is 1. The highest BCUT2D eigenvalue weighted by molar-refractivity contribution is 7.90. The van der Waals surface area contributed by atoms with Crippen LogP contribution in [-0.4, -0.2) is 25.4 Å². The number of nitrogens with one attached hydrogen (secondary N) is 1. The fourth-order valence-corrected chi connectivity index (χ4v) is 0.499. The molecule has 0 fully saturated rings. The number of rotatable bonds is 2. The molecule has 0 bridgehead atoms. The molecule has 0 rings (SSSR count). The number of carbonyl (C=O) groups is 1. The van der Waals surface area contributed by atoms with E-state index in [0.29, 0.717) is 4.72 Å². The lowest BCUT2D eigenvalue weighted by molar-refractivity contribution is 0.196. The predicted octanol–water partition coefficient (Wildman–Crippen LogP) is -0.194. The Morgan fingerprint density at radius 2 is 1.90 bits per heavy atom. The van der Waals surface area contributed by atoms with E-state index in [-0.39, 0.29) is 0 Å². The second-order valence-electron chi connectivity index (χ2n) is 1.21. The van der Waals surface area contributed by atoms with Crippen LogP contribution in [0.4, 0.5) is 13.6 Å². The summed E-state index contributed by atoms with van der Waals surface area (Å²) >= 11 is 0. The summed E-state index contributed by atoms with van der Waals surface area (Å²) in [5.74, 6) is -3.72. The summed E-state index contributed by atoms with van der Waals surface area (Å²) < 4.78 is 43.0. The van der Waals surface area contributed by atoms with Gasteiger partial charge in [0.15, 0.2) is 0 Å². The zero-order chi connectivity index (χ0) is 8.36. The van der Waals surface area contributed by atoms with Crippen molar-refractivity contribution >= 4 is 16.1 Å². The normalized spacial score (nSPS) is 11.5. The highest BCUT2D eigenvalue weighted by Gasteiger charge is 2.25. The molecule has 0 saturated heterocycles. The smallest absolute Gasteiger partial charge is 0.418 e. The number of halogens is 2. The highest BCUT2D eigenvalue weighted by Crippen LogP contribution is 2.00. The molecule has 5 nitrogen and oxygen atoms in total. The van der Waals surface area contributed by atoms with Crippen LogP contribution in [0, 0.1) is 0 Å². The summed E-state index contributed by atoms with van der Waals surface area (Å²) in [7, 11) is -4.98. The van der Waals surface area contributed by atoms with Crippen LogP contribution in [0.15, 0.2) is 0 Å². The second-order valence-corrected chi connectivity index (χ2v) is 2.86. The Kier molecular flexibility index (Phi) is 2.52. The third-order valence-corrected chi connectivity index (χ3v) is 1.39. The fourth-order valence-electron chi connectivity index (χ4n) is 0.166. The van der Waals surface area contributed by atoms with Gasteiger partial charge in [-0.1, -0.05) is 0 Å². The van der Waals surface area contributed by atoms with E-state index >= 15 is 0 Å². The minimum atomic E-state index is -4.98. The van der Waals surface area contributed by atoms with Gasteiger partial charge in [0.05, 0.1) is 0 Å². The SMILES string of the molecule is O=C(O)NS(=O)(=O)C(F)F. The minimum absolute atomic E-state index is 0.657. The third-order valence-electron chi connectivity index (χ3n) is 0.464. The van der Waals surface area contributed by atoms with Gasteiger partial charge in [-0.05, 0) is 0 Å². The first-order valence-corrected chi connectivity index (χ1v) is 3.43. The number of alkyl halides is 2. The first-order valence-electron chi connectivity index (χ1n) is 1.89. The van der Waals surface area contributed by atoms with E-state index in [0.717, 1.165) is 0 Å². The van der Waals surface area contributed by atoms with Crippen LogP contribution in [-0.2, 0) is 10.0 Å². The summed E-state index contributed by atoms with van der Waals surface area (Å²) in [4.78, 5) is 9.50. The van der Waals surface area contributed by atoms with Crippen LogP contribution in [0.25, 0.3) is 0 Å². The van der Waals surface area contributed by atoms with Gasteiger partial charge in [-0.25, -0.2) is 17.9 Å². The van der Waals surface area contributed by atoms with Crippen LogP contribution >= 0.6 is 0 Å². The van der Waals surface area contributed by atoms with Crippen molar-refractivity contribution < 1.29 is 27.1 Å². The van der Waals surface area contributed by atoms with Crippen LogP contribution < -0.4 is 4.72 Å². The largest absolute Gasteiger partial charge is 0.464 e. The molecule has 0 heterocycles. The lowest BCUT2D eigenvalue weighted by Gasteiger charge is -1.99. The maximum absolute atomic E-state index is 11.3. The van der Waals surface area contributed by atoms with Gasteiger partial charge in [-0.15, -0.1) is 0 Å². The predicted molar refractivity (Wildman–Crippen MR) is 26.1 cm³/mol. The van der Waals surface area contributed by atoms with E-state index < -0.39 is 21.9 Å². The van der Waals surface area contributed by atoms with E-state index in [9.17, 15) is 22.0 Å². The second kappa shape index (κ2) is 2.78. The van der Waals surface area contributed by atoms with Gasteiger partial charge in [0.25, 0.3) is 0 Å². The monoisotopic (exact) mass is 175 g/mol. The Bertz CT molecular complexity index is 221. The summed E-state index contributed by atoms with van der Waals surface area (Å²) in [5.41, 5.74) is 0. The molecule has 8 heteroatoms. The molecule has 0 aromatic rings. The zero-order valence-corrected chi connectivity index (χ0v) is 5.23. The summed E-state index contributed by atoms with van der Waals surface area (Å²) in [6.45, 7) is 0. The lowest BCUT2D eigenvalue weighted by Crippen LogP contribution is -2.33. The van der Waals surface area contributed by atoms with Gasteiger partial charge in [0, 0.05) is 0 Å². The molecule has 0 unspecified atom stereocenters. The average Bonchev–Trinajstić information content (AvgIpc) is 1.60. The molecule has 60 valence electrons. The van der Waals surface area contributed by atoms with Gasteiger partial charge in [-0.2, -0.15) is 8.78 Å². The van der Waals surface area contributed by atoms with Crippen molar-refractivity contribution in [2.24, 2.45) is 0 Å². The van der Waals surface area contributed by atoms with Gasteiger partial charge < -0.3 is 5.11 Å². The Balaban J connectivity index is 4.31. The summed E-state index contributed by atoms with van der Waals surface area (Å²) in [6.07, 6.45) is -2.03. The number of amides is 1. The molecule has 0 saturated carbocycles. The first-order chi connectivity index (χ1) is 4.36. The molecule has 0 radical (unpaired) electrons. The van der Waals surface area contributed by atoms with Gasteiger partial charge in [0.2, 0.25) is 0 Å². The van der Waals surface area contributed by atoms with E-state index in [2.05, 4.69) is 0 Å². The van der Waals surface area contributed by atoms with Crippen molar-refractivity contribution in [1.82, 2.24) is 4.72 Å². The maximum atomic E-state index is 11.3. The Hall–Kier alpha value is -0.920. The summed E-state index contributed by atoms with van der Waals surface area (Å²) in [5, 5.41) is 7.67. The molecule has 0 spiro atoms. The Morgan fingerprint density at radius 1 is 1.50 bits per heavy atom. The zero-order valence-electron chi connectivity index (χ0n) is 4.41. The van der Waals surface area contributed by atoms with Crippen LogP contribution in [0.2, 0.25) is 0 Å². The maximum Gasteiger partial charge on any atom is 0.418 e. The number of hydrogen-bond donors (Lipinski definition) is 2. The average molecular weight is 175 g/mol. The number of sulfonamides is 1. The molecule has 0 aromatic heterocycles. The van der Waals surface area contributed by atoms with Crippen molar-refractivity contribution in [3.05, 3.63) is 0 Å². The molecule has 2 N–H and O–H groups in total. The van der Waals surface area contributed by atoms with E-state index in [4.69, 9.17) is 5.11 Å². The van der Waals surface area contributed by atoms with Gasteiger partial charge in [-0.3, -0.25) is 0 Å². The van der Waals surface area contributed by atoms with Crippen molar-refractivity contribution in [3.8, 4) is 0 Å². The minimum Gasteiger partial charge on any atom is -0.464 e. The molecular weight excluding hydrogens is 172 g/mol. The Labute approximate surface area is 54.7 Å². The quantitative estimate of drug-likeness (QED) is 0.609.